The Morgan fingerprint density at radius 1 is 1.43 bits per heavy atom. The van der Waals surface area contributed by atoms with E-state index in [4.69, 9.17) is 9.15 Å². The molecule has 2 N–H and O–H groups in total. The number of ether oxygens (including phenoxy) is 1. The first-order valence-corrected chi connectivity index (χ1v) is 7.36. The Labute approximate surface area is 124 Å². The second-order valence-corrected chi connectivity index (χ2v) is 4.88. The van der Waals surface area contributed by atoms with Crippen molar-refractivity contribution in [2.24, 2.45) is 0 Å². The van der Waals surface area contributed by atoms with Crippen molar-refractivity contribution < 1.29 is 13.9 Å². The van der Waals surface area contributed by atoms with E-state index in [0.717, 1.165) is 6.54 Å². The first-order valence-electron chi connectivity index (χ1n) is 7.36. The predicted octanol–water partition coefficient (Wildman–Crippen LogP) is 0.0814. The number of carbonyl (C=O) groups is 1. The Morgan fingerprint density at radius 3 is 2.95 bits per heavy atom. The van der Waals surface area contributed by atoms with Gasteiger partial charge in [-0.15, -0.1) is 5.10 Å². The van der Waals surface area contributed by atoms with Crippen LogP contribution in [0, 0.1) is 0 Å². The first-order chi connectivity index (χ1) is 10.2. The Hall–Kier alpha value is -1.67. The lowest BCUT2D eigenvalue weighted by Crippen LogP contribution is -2.54. The molecule has 8 heteroatoms. The minimum Gasteiger partial charge on any atom is -0.406 e. The van der Waals surface area contributed by atoms with E-state index >= 15 is 0 Å². The summed E-state index contributed by atoms with van der Waals surface area (Å²) in [5, 5.41) is 14.1. The fourth-order valence-corrected chi connectivity index (χ4v) is 2.25. The molecular weight excluding hydrogens is 274 g/mol. The van der Waals surface area contributed by atoms with Crippen LogP contribution in [0.4, 0.5) is 6.01 Å². The minimum absolute atomic E-state index is 0.0137. The van der Waals surface area contributed by atoms with Gasteiger partial charge in [0.2, 0.25) is 11.8 Å². The van der Waals surface area contributed by atoms with Gasteiger partial charge in [0.1, 0.15) is 6.04 Å². The molecule has 0 spiro atoms. The van der Waals surface area contributed by atoms with Gasteiger partial charge in [0, 0.05) is 13.1 Å². The number of morpholine rings is 1. The molecule has 0 saturated carbocycles. The molecule has 2 unspecified atom stereocenters. The topological polar surface area (TPSA) is 92.5 Å². The molecule has 2 heterocycles. The second-order valence-electron chi connectivity index (χ2n) is 4.88. The summed E-state index contributed by atoms with van der Waals surface area (Å²) in [6.45, 7) is 8.67. The van der Waals surface area contributed by atoms with E-state index in [1.165, 1.54) is 0 Å². The highest BCUT2D eigenvalue weighted by Crippen LogP contribution is 2.21. The van der Waals surface area contributed by atoms with Crippen LogP contribution in [0.25, 0.3) is 0 Å². The summed E-state index contributed by atoms with van der Waals surface area (Å²) < 4.78 is 11.1. The quantitative estimate of drug-likeness (QED) is 0.768. The van der Waals surface area contributed by atoms with E-state index in [0.29, 0.717) is 38.2 Å². The van der Waals surface area contributed by atoms with Crippen LogP contribution in [0.15, 0.2) is 4.42 Å². The minimum atomic E-state index is -0.429. The number of hydrogen-bond donors (Lipinski definition) is 2. The number of rotatable bonds is 6. The first kappa shape index (κ1) is 15.7. The highest BCUT2D eigenvalue weighted by molar-refractivity contribution is 5.84. The molecule has 1 amide bonds. The summed E-state index contributed by atoms with van der Waals surface area (Å²) in [6, 6.07) is -0.0732. The van der Waals surface area contributed by atoms with Crippen molar-refractivity contribution in [2.45, 2.75) is 32.9 Å². The molecule has 1 aromatic rings. The van der Waals surface area contributed by atoms with Gasteiger partial charge in [-0.25, -0.2) is 0 Å². The van der Waals surface area contributed by atoms with E-state index in [-0.39, 0.29) is 11.9 Å². The van der Waals surface area contributed by atoms with Crippen LogP contribution in [0.2, 0.25) is 0 Å². The van der Waals surface area contributed by atoms with Crippen LogP contribution in [0.1, 0.15) is 32.7 Å². The van der Waals surface area contributed by atoms with E-state index in [2.05, 4.69) is 20.8 Å². The number of carbonyl (C=O) groups excluding carboxylic acids is 1. The highest BCUT2D eigenvalue weighted by Gasteiger charge is 2.32. The molecule has 8 nitrogen and oxygen atoms in total. The number of aromatic nitrogens is 2. The van der Waals surface area contributed by atoms with Crippen molar-refractivity contribution in [2.75, 3.05) is 37.7 Å². The fraction of sp³-hybridized carbons (Fsp3) is 0.769. The molecule has 1 fully saturated rings. The van der Waals surface area contributed by atoms with Crippen molar-refractivity contribution in [1.29, 1.82) is 0 Å². The fourth-order valence-electron chi connectivity index (χ4n) is 2.25. The highest BCUT2D eigenvalue weighted by atomic mass is 16.5. The average Bonchev–Trinajstić information content (AvgIpc) is 2.97. The van der Waals surface area contributed by atoms with Gasteiger partial charge in [-0.1, -0.05) is 12.0 Å². The number of nitrogens with zero attached hydrogens (tertiary/aromatic N) is 3. The molecule has 21 heavy (non-hydrogen) atoms. The van der Waals surface area contributed by atoms with Crippen molar-refractivity contribution in [3.63, 3.8) is 0 Å². The Morgan fingerprint density at radius 2 is 2.24 bits per heavy atom. The van der Waals surface area contributed by atoms with Gasteiger partial charge >= 0.3 is 6.01 Å². The Balaban J connectivity index is 2.12. The monoisotopic (exact) mass is 297 g/mol. The Bertz CT molecular complexity index is 464. The summed E-state index contributed by atoms with van der Waals surface area (Å²) >= 11 is 0. The van der Waals surface area contributed by atoms with Crippen LogP contribution in [-0.4, -0.2) is 55.0 Å². The molecule has 0 aromatic carbocycles. The molecule has 2 atom stereocenters. The molecule has 0 aliphatic carbocycles. The number of likely N-dealkylation sites (N-methyl/N-ethyl adjacent to an activating group) is 1. The number of anilines is 1. The molecule has 1 aliphatic heterocycles. The number of amides is 1. The molecular formula is C13H23N5O3. The van der Waals surface area contributed by atoms with Crippen molar-refractivity contribution in [1.82, 2.24) is 20.8 Å². The average molecular weight is 297 g/mol. The second kappa shape index (κ2) is 7.37. The maximum Gasteiger partial charge on any atom is 0.319 e. The van der Waals surface area contributed by atoms with Crippen molar-refractivity contribution in [3.8, 4) is 0 Å². The zero-order chi connectivity index (χ0) is 15.2. The predicted molar refractivity (Wildman–Crippen MR) is 77.0 cm³/mol. The van der Waals surface area contributed by atoms with Gasteiger partial charge in [-0.3, -0.25) is 4.79 Å². The van der Waals surface area contributed by atoms with Crippen LogP contribution in [-0.2, 0) is 9.53 Å². The standard InChI is InChI=1S/C13H23N5O3/c1-4-14-9(3)12-16-17-13(21-12)18-6-7-20-8-10(18)11(19)15-5-2/h9-10,14H,4-8H2,1-3H3,(H,15,19). The van der Waals surface area contributed by atoms with Gasteiger partial charge < -0.3 is 24.7 Å². The normalized spacial score (nSPS) is 20.3. The lowest BCUT2D eigenvalue weighted by atomic mass is 10.2. The summed E-state index contributed by atoms with van der Waals surface area (Å²) in [7, 11) is 0. The molecule has 0 radical (unpaired) electrons. The van der Waals surface area contributed by atoms with Crippen LogP contribution in [0.5, 0.6) is 0 Å². The molecule has 118 valence electrons. The lowest BCUT2D eigenvalue weighted by molar-refractivity contribution is -0.124. The van der Waals surface area contributed by atoms with Gasteiger partial charge in [0.15, 0.2) is 0 Å². The lowest BCUT2D eigenvalue weighted by Gasteiger charge is -2.32. The zero-order valence-corrected chi connectivity index (χ0v) is 12.8. The summed E-state index contributed by atoms with van der Waals surface area (Å²) in [5.74, 6) is 0.435. The molecule has 0 bridgehead atoms. The van der Waals surface area contributed by atoms with Crippen LogP contribution in [0.3, 0.4) is 0 Å². The largest absolute Gasteiger partial charge is 0.406 e. The van der Waals surface area contributed by atoms with E-state index in [9.17, 15) is 4.79 Å². The number of nitrogens with one attached hydrogen (secondary N) is 2. The SMILES string of the molecule is CCNC(=O)C1COCCN1c1nnc(C(C)NCC)o1. The Kier molecular flexibility index (Phi) is 5.51. The third-order valence-corrected chi connectivity index (χ3v) is 3.34. The zero-order valence-electron chi connectivity index (χ0n) is 12.8. The van der Waals surface area contributed by atoms with Gasteiger partial charge in [-0.05, 0) is 20.4 Å². The smallest absolute Gasteiger partial charge is 0.319 e. The van der Waals surface area contributed by atoms with Crippen molar-refractivity contribution in [3.05, 3.63) is 5.89 Å². The van der Waals surface area contributed by atoms with Gasteiger partial charge in [0.05, 0.1) is 19.3 Å². The summed E-state index contributed by atoms with van der Waals surface area (Å²) in [6.07, 6.45) is 0. The third kappa shape index (κ3) is 3.70. The maximum absolute atomic E-state index is 12.1. The third-order valence-electron chi connectivity index (χ3n) is 3.34. The molecule has 1 aliphatic rings. The summed E-state index contributed by atoms with van der Waals surface area (Å²) in [5.41, 5.74) is 0. The van der Waals surface area contributed by atoms with Crippen molar-refractivity contribution >= 4 is 11.9 Å². The number of hydrogen-bond acceptors (Lipinski definition) is 7. The summed E-state index contributed by atoms with van der Waals surface area (Å²) in [4.78, 5) is 13.9. The molecule has 1 saturated heterocycles. The van der Waals surface area contributed by atoms with Gasteiger partial charge in [0.25, 0.3) is 0 Å². The maximum atomic E-state index is 12.1. The molecule has 1 aromatic heterocycles. The van der Waals surface area contributed by atoms with E-state index < -0.39 is 6.04 Å². The van der Waals surface area contributed by atoms with Crippen LogP contribution >= 0.6 is 0 Å². The van der Waals surface area contributed by atoms with E-state index in [1.807, 2.05) is 25.7 Å². The van der Waals surface area contributed by atoms with E-state index in [1.54, 1.807) is 0 Å². The van der Waals surface area contributed by atoms with Gasteiger partial charge in [-0.2, -0.15) is 0 Å². The van der Waals surface area contributed by atoms with Crippen LogP contribution < -0.4 is 15.5 Å². The molecule has 2 rings (SSSR count).